The van der Waals surface area contributed by atoms with Crippen LogP contribution in [0.3, 0.4) is 0 Å². The highest BCUT2D eigenvalue weighted by Gasteiger charge is 2.20. The van der Waals surface area contributed by atoms with E-state index in [1.54, 1.807) is 6.07 Å². The fourth-order valence-corrected chi connectivity index (χ4v) is 2.00. The summed E-state index contributed by atoms with van der Waals surface area (Å²) in [6.07, 6.45) is 2.45. The Morgan fingerprint density at radius 2 is 2.20 bits per heavy atom. The Morgan fingerprint density at radius 1 is 1.50 bits per heavy atom. The molecule has 1 aliphatic rings. The number of benzene rings is 1. The first-order valence-corrected chi connectivity index (χ1v) is 6.49. The van der Waals surface area contributed by atoms with E-state index in [1.165, 1.54) is 20.0 Å². The highest BCUT2D eigenvalue weighted by atomic mass is 35.5. The maximum atomic E-state index is 10.7. The Morgan fingerprint density at radius 3 is 2.75 bits per heavy atom. The lowest BCUT2D eigenvalue weighted by molar-refractivity contribution is -0.119. The molecule has 0 radical (unpaired) electrons. The zero-order valence-corrected chi connectivity index (χ0v) is 12.6. The molecule has 7 heteroatoms. The Bertz CT molecular complexity index is 479. The van der Waals surface area contributed by atoms with Gasteiger partial charge in [-0.2, -0.15) is 0 Å². The van der Waals surface area contributed by atoms with E-state index >= 15 is 0 Å². The van der Waals surface area contributed by atoms with E-state index < -0.39 is 5.91 Å². The van der Waals surface area contributed by atoms with Crippen molar-refractivity contribution in [1.82, 2.24) is 5.32 Å². The minimum Gasteiger partial charge on any atom is -1.00 e. The lowest BCUT2D eigenvalue weighted by atomic mass is 10.2. The maximum Gasteiger partial charge on any atom is 0.255 e. The third-order valence-corrected chi connectivity index (χ3v) is 3.10. The number of hydrogen-bond acceptors (Lipinski definition) is 4. The van der Waals surface area contributed by atoms with Gasteiger partial charge in [-0.25, -0.2) is 0 Å². The van der Waals surface area contributed by atoms with Crippen molar-refractivity contribution >= 4 is 17.5 Å². The second kappa shape index (κ2) is 7.57. The molecular weight excluding hydrogens is 303 g/mol. The topological polar surface area (TPSA) is 73.6 Å². The number of methoxy groups -OCH3 is 1. The van der Waals surface area contributed by atoms with Crippen LogP contribution in [-0.4, -0.2) is 25.7 Å². The maximum absolute atomic E-state index is 10.7. The van der Waals surface area contributed by atoms with Crippen molar-refractivity contribution in [2.75, 3.05) is 13.7 Å². The van der Waals surface area contributed by atoms with Crippen molar-refractivity contribution in [2.45, 2.75) is 25.4 Å². The number of nitrogens with one attached hydrogen (secondary N) is 1. The number of halogens is 2. The number of hydrogen-bond donors (Lipinski definition) is 2. The molecule has 0 heterocycles. The van der Waals surface area contributed by atoms with Crippen LogP contribution < -0.4 is 32.9 Å². The Kier molecular flexibility index (Phi) is 6.39. The fourth-order valence-electron chi connectivity index (χ4n) is 1.71. The zero-order chi connectivity index (χ0) is 13.8. The first kappa shape index (κ1) is 16.9. The van der Waals surface area contributed by atoms with E-state index in [0.717, 1.165) is 12.1 Å². The van der Waals surface area contributed by atoms with Crippen LogP contribution in [0.1, 0.15) is 18.4 Å². The van der Waals surface area contributed by atoms with Crippen molar-refractivity contribution in [1.29, 1.82) is 0 Å². The summed E-state index contributed by atoms with van der Waals surface area (Å²) in [5.41, 5.74) is 6.06. The molecule has 3 N–H and O–H groups in total. The number of amides is 1. The first-order valence-electron chi connectivity index (χ1n) is 6.11. The van der Waals surface area contributed by atoms with Gasteiger partial charge in [0.25, 0.3) is 5.91 Å². The van der Waals surface area contributed by atoms with Gasteiger partial charge in [0.1, 0.15) is 0 Å². The second-order valence-electron chi connectivity index (χ2n) is 4.52. The summed E-state index contributed by atoms with van der Waals surface area (Å²) in [5.74, 6) is 0.289. The molecule has 5 nitrogen and oxygen atoms in total. The van der Waals surface area contributed by atoms with Crippen molar-refractivity contribution in [3.63, 3.8) is 0 Å². The van der Waals surface area contributed by atoms with E-state index in [9.17, 15) is 4.79 Å². The molecule has 1 aliphatic carbocycles. The number of carbonyl (C=O) groups excluding carboxylic acids is 1. The van der Waals surface area contributed by atoms with Gasteiger partial charge in [-0.15, -0.1) is 0 Å². The summed E-state index contributed by atoms with van der Waals surface area (Å²) < 4.78 is 10.5. The van der Waals surface area contributed by atoms with Gasteiger partial charge >= 0.3 is 0 Å². The smallest absolute Gasteiger partial charge is 0.255 e. The molecule has 1 saturated carbocycles. The van der Waals surface area contributed by atoms with Crippen LogP contribution in [0.2, 0.25) is 5.02 Å². The van der Waals surface area contributed by atoms with Crippen LogP contribution >= 0.6 is 11.6 Å². The average molecular weight is 320 g/mol. The average Bonchev–Trinajstić information content (AvgIpc) is 3.18. The molecule has 0 spiro atoms. The van der Waals surface area contributed by atoms with Gasteiger partial charge in [0, 0.05) is 12.6 Å². The highest BCUT2D eigenvalue weighted by molar-refractivity contribution is 6.32. The minimum absolute atomic E-state index is 0. The Hall–Kier alpha value is -1.17. The van der Waals surface area contributed by atoms with Crippen LogP contribution in [0, 0.1) is 0 Å². The van der Waals surface area contributed by atoms with Crippen LogP contribution in [0.4, 0.5) is 0 Å². The molecule has 0 atom stereocenters. The normalized spacial score (nSPS) is 13.5. The molecule has 2 rings (SSSR count). The predicted octanol–water partition coefficient (Wildman–Crippen LogP) is -1.53. The van der Waals surface area contributed by atoms with Crippen LogP contribution in [0.25, 0.3) is 0 Å². The number of rotatable bonds is 7. The molecule has 0 aliphatic heterocycles. The lowest BCUT2D eigenvalue weighted by Crippen LogP contribution is -3.00. The Labute approximate surface area is 129 Å². The third-order valence-electron chi connectivity index (χ3n) is 2.82. The van der Waals surface area contributed by atoms with Crippen LogP contribution in [0.15, 0.2) is 12.1 Å². The molecule has 0 aromatic heterocycles. The van der Waals surface area contributed by atoms with Crippen molar-refractivity contribution in [2.24, 2.45) is 5.73 Å². The predicted molar refractivity (Wildman–Crippen MR) is 72.6 cm³/mol. The summed E-state index contributed by atoms with van der Waals surface area (Å²) in [4.78, 5) is 10.7. The van der Waals surface area contributed by atoms with Gasteiger partial charge in [-0.05, 0) is 30.5 Å². The summed E-state index contributed by atoms with van der Waals surface area (Å²) in [6.45, 7) is 0.507. The number of carbonyl (C=O) groups is 1. The van der Waals surface area contributed by atoms with Crippen molar-refractivity contribution in [3.05, 3.63) is 22.7 Å². The molecule has 1 aromatic carbocycles. The monoisotopic (exact) mass is 319 g/mol. The molecule has 1 aromatic rings. The van der Waals surface area contributed by atoms with E-state index in [4.69, 9.17) is 26.8 Å². The minimum atomic E-state index is -0.558. The molecule has 1 fully saturated rings. The molecular formula is C13H17Cl2N2O3-. The number of primary amides is 1. The Balaban J connectivity index is 0.00000200. The number of nitrogens with two attached hydrogens (primary N) is 1. The molecule has 0 saturated heterocycles. The van der Waals surface area contributed by atoms with Gasteiger partial charge in [0.05, 0.1) is 12.1 Å². The third kappa shape index (κ3) is 4.74. The highest BCUT2D eigenvalue weighted by Crippen LogP contribution is 2.36. The van der Waals surface area contributed by atoms with E-state index in [1.807, 2.05) is 6.07 Å². The van der Waals surface area contributed by atoms with Gasteiger partial charge in [0.15, 0.2) is 18.1 Å². The molecule has 20 heavy (non-hydrogen) atoms. The lowest BCUT2D eigenvalue weighted by Gasteiger charge is -2.13. The van der Waals surface area contributed by atoms with Gasteiger partial charge < -0.3 is 32.9 Å². The van der Waals surface area contributed by atoms with E-state index in [0.29, 0.717) is 22.6 Å². The molecule has 1 amide bonds. The molecule has 0 unspecified atom stereocenters. The quantitative estimate of drug-likeness (QED) is 0.639. The van der Waals surface area contributed by atoms with E-state index in [2.05, 4.69) is 5.32 Å². The van der Waals surface area contributed by atoms with Crippen LogP contribution in [-0.2, 0) is 11.3 Å². The summed E-state index contributed by atoms with van der Waals surface area (Å²) in [6, 6.07) is 4.27. The zero-order valence-electron chi connectivity index (χ0n) is 11.1. The largest absolute Gasteiger partial charge is 1.00 e. The van der Waals surface area contributed by atoms with Gasteiger partial charge in [-0.3, -0.25) is 4.79 Å². The second-order valence-corrected chi connectivity index (χ2v) is 4.93. The molecule has 0 bridgehead atoms. The fraction of sp³-hybridized carbons (Fsp3) is 0.462. The first-order chi connectivity index (χ1) is 9.10. The van der Waals surface area contributed by atoms with Gasteiger partial charge in [-0.1, -0.05) is 11.6 Å². The summed E-state index contributed by atoms with van der Waals surface area (Å²) in [5, 5.41) is 3.80. The summed E-state index contributed by atoms with van der Waals surface area (Å²) in [7, 11) is 1.53. The standard InChI is InChI=1S/C13H17ClN2O3.ClH/c1-18-11-5-8(6-16-9-2-3-9)4-10(14)13(11)19-7-12(15)17;/h4-5,9,16H,2-3,6-7H2,1H3,(H2,15,17);1H/p-1. The van der Waals surface area contributed by atoms with E-state index in [-0.39, 0.29) is 19.0 Å². The SMILES string of the molecule is COc1cc(CNC2CC2)cc(Cl)c1OCC(N)=O.[Cl-]. The van der Waals surface area contributed by atoms with Gasteiger partial charge in [0.2, 0.25) is 0 Å². The molecule has 112 valence electrons. The van der Waals surface area contributed by atoms with Crippen LogP contribution in [0.5, 0.6) is 11.5 Å². The van der Waals surface area contributed by atoms with Crippen molar-refractivity contribution < 1.29 is 26.7 Å². The van der Waals surface area contributed by atoms with Crippen molar-refractivity contribution in [3.8, 4) is 11.5 Å². The summed E-state index contributed by atoms with van der Waals surface area (Å²) >= 11 is 6.14. The number of ether oxygens (including phenoxy) is 2.